The zero-order valence-corrected chi connectivity index (χ0v) is 9.03. The highest BCUT2D eigenvalue weighted by Gasteiger charge is 2.11. The first-order valence-electron chi connectivity index (χ1n) is 5.51. The van der Waals surface area contributed by atoms with Gasteiger partial charge in [0, 0.05) is 5.56 Å². The SMILES string of the molecule is O=[C]/C=C/C(=O)c1ccc2c(c1)CCCC2. The molecule has 1 aromatic rings. The standard InChI is InChI=1S/C14H13O2/c15-9-3-6-14(16)13-8-7-11-4-1-2-5-12(11)10-13/h3,6-8,10H,1-2,4-5H2/b6-3+. The summed E-state index contributed by atoms with van der Waals surface area (Å²) in [7, 11) is 0. The third-order valence-corrected chi connectivity index (χ3v) is 2.94. The van der Waals surface area contributed by atoms with E-state index in [-0.39, 0.29) is 5.78 Å². The van der Waals surface area contributed by atoms with Crippen molar-refractivity contribution in [2.24, 2.45) is 0 Å². The summed E-state index contributed by atoms with van der Waals surface area (Å²) in [6.45, 7) is 0. The van der Waals surface area contributed by atoms with Crippen LogP contribution in [0.4, 0.5) is 0 Å². The summed E-state index contributed by atoms with van der Waals surface area (Å²) in [5.74, 6) is -0.128. The monoisotopic (exact) mass is 213 g/mol. The molecule has 1 aromatic carbocycles. The number of hydrogen-bond donors (Lipinski definition) is 0. The first-order valence-corrected chi connectivity index (χ1v) is 5.51. The van der Waals surface area contributed by atoms with Crippen LogP contribution >= 0.6 is 0 Å². The van der Waals surface area contributed by atoms with Gasteiger partial charge in [-0.2, -0.15) is 0 Å². The molecule has 1 aliphatic rings. The van der Waals surface area contributed by atoms with Gasteiger partial charge in [0.15, 0.2) is 5.78 Å². The lowest BCUT2D eigenvalue weighted by Crippen LogP contribution is -2.05. The Bertz CT molecular complexity index is 444. The first-order chi connectivity index (χ1) is 7.81. The maximum atomic E-state index is 11.6. The number of allylic oxidation sites excluding steroid dienone is 2. The van der Waals surface area contributed by atoms with Crippen LogP contribution in [0.25, 0.3) is 0 Å². The summed E-state index contributed by atoms with van der Waals surface area (Å²) in [5, 5.41) is 0. The molecule has 0 bridgehead atoms. The zero-order chi connectivity index (χ0) is 11.4. The molecule has 0 heterocycles. The summed E-state index contributed by atoms with van der Waals surface area (Å²) in [4.78, 5) is 21.6. The van der Waals surface area contributed by atoms with Gasteiger partial charge in [-0.1, -0.05) is 12.1 Å². The van der Waals surface area contributed by atoms with E-state index in [1.54, 1.807) is 6.29 Å². The van der Waals surface area contributed by atoms with Crippen LogP contribution in [0.1, 0.15) is 34.3 Å². The van der Waals surface area contributed by atoms with Gasteiger partial charge in [-0.25, -0.2) is 0 Å². The van der Waals surface area contributed by atoms with E-state index < -0.39 is 0 Å². The number of benzene rings is 1. The van der Waals surface area contributed by atoms with Crippen LogP contribution in [0.3, 0.4) is 0 Å². The number of rotatable bonds is 3. The lowest BCUT2D eigenvalue weighted by Gasteiger charge is -2.15. The van der Waals surface area contributed by atoms with E-state index in [9.17, 15) is 9.59 Å². The van der Waals surface area contributed by atoms with Gasteiger partial charge in [-0.3, -0.25) is 9.59 Å². The molecule has 2 rings (SSSR count). The molecule has 81 valence electrons. The Labute approximate surface area is 95.0 Å². The topological polar surface area (TPSA) is 34.1 Å². The van der Waals surface area contributed by atoms with Gasteiger partial charge in [0.1, 0.15) is 0 Å². The zero-order valence-electron chi connectivity index (χ0n) is 9.03. The molecule has 16 heavy (non-hydrogen) atoms. The van der Waals surface area contributed by atoms with Crippen LogP contribution in [0, 0.1) is 0 Å². The Kier molecular flexibility index (Phi) is 3.30. The molecular weight excluding hydrogens is 200 g/mol. The van der Waals surface area contributed by atoms with Crippen LogP contribution in [-0.4, -0.2) is 12.1 Å². The predicted molar refractivity (Wildman–Crippen MR) is 62.2 cm³/mol. The molecule has 0 amide bonds. The molecule has 0 N–H and O–H groups in total. The van der Waals surface area contributed by atoms with E-state index in [1.807, 2.05) is 18.2 Å². The summed E-state index contributed by atoms with van der Waals surface area (Å²) in [6, 6.07) is 5.81. The Morgan fingerprint density at radius 2 is 1.94 bits per heavy atom. The molecule has 0 saturated carbocycles. The molecule has 2 nitrogen and oxygen atoms in total. The van der Waals surface area contributed by atoms with Gasteiger partial charge in [0.25, 0.3) is 0 Å². The van der Waals surface area contributed by atoms with Crippen molar-refractivity contribution in [2.75, 3.05) is 0 Å². The third-order valence-electron chi connectivity index (χ3n) is 2.94. The van der Waals surface area contributed by atoms with Crippen LogP contribution in [0.5, 0.6) is 0 Å². The molecule has 0 fully saturated rings. The second-order valence-corrected chi connectivity index (χ2v) is 4.01. The van der Waals surface area contributed by atoms with Crippen molar-refractivity contribution in [1.82, 2.24) is 0 Å². The van der Waals surface area contributed by atoms with Gasteiger partial charge < -0.3 is 0 Å². The second-order valence-electron chi connectivity index (χ2n) is 4.01. The van der Waals surface area contributed by atoms with Gasteiger partial charge in [-0.15, -0.1) is 0 Å². The van der Waals surface area contributed by atoms with Crippen molar-refractivity contribution in [3.8, 4) is 0 Å². The van der Waals surface area contributed by atoms with Crippen LogP contribution in [0.15, 0.2) is 30.4 Å². The second kappa shape index (κ2) is 4.88. The maximum Gasteiger partial charge on any atom is 0.225 e. The summed E-state index contributed by atoms with van der Waals surface area (Å²) < 4.78 is 0. The fourth-order valence-corrected chi connectivity index (χ4v) is 2.09. The predicted octanol–water partition coefficient (Wildman–Crippen LogP) is 2.41. The number of hydrogen-bond acceptors (Lipinski definition) is 2. The van der Waals surface area contributed by atoms with Gasteiger partial charge in [0.05, 0.1) is 0 Å². The largest absolute Gasteiger partial charge is 0.289 e. The van der Waals surface area contributed by atoms with Gasteiger partial charge >= 0.3 is 0 Å². The van der Waals surface area contributed by atoms with Crippen molar-refractivity contribution in [2.45, 2.75) is 25.7 Å². The first kappa shape index (κ1) is 10.8. The third kappa shape index (κ3) is 2.27. The molecule has 0 unspecified atom stereocenters. The smallest absolute Gasteiger partial charge is 0.225 e. The van der Waals surface area contributed by atoms with Crippen molar-refractivity contribution in [3.63, 3.8) is 0 Å². The van der Waals surface area contributed by atoms with E-state index in [4.69, 9.17) is 0 Å². The molecular formula is C14H13O2. The van der Waals surface area contributed by atoms with Gasteiger partial charge in [-0.05, 0) is 55.0 Å². The Hall–Kier alpha value is -1.70. The fraction of sp³-hybridized carbons (Fsp3) is 0.286. The average molecular weight is 213 g/mol. The van der Waals surface area contributed by atoms with E-state index in [2.05, 4.69) is 0 Å². The normalized spacial score (nSPS) is 14.8. The Morgan fingerprint density at radius 1 is 1.19 bits per heavy atom. The number of aryl methyl sites for hydroxylation is 2. The van der Waals surface area contributed by atoms with E-state index in [0.717, 1.165) is 18.9 Å². The number of ketones is 1. The number of carbonyl (C=O) groups is 1. The van der Waals surface area contributed by atoms with Crippen LogP contribution < -0.4 is 0 Å². The Balaban J connectivity index is 2.26. The minimum Gasteiger partial charge on any atom is -0.289 e. The highest BCUT2D eigenvalue weighted by molar-refractivity contribution is 6.06. The highest BCUT2D eigenvalue weighted by Crippen LogP contribution is 2.22. The molecule has 0 aliphatic heterocycles. The lowest BCUT2D eigenvalue weighted by molar-refractivity contribution is 0.104. The average Bonchev–Trinajstić information content (AvgIpc) is 2.35. The fourth-order valence-electron chi connectivity index (χ4n) is 2.09. The van der Waals surface area contributed by atoms with Gasteiger partial charge in [0.2, 0.25) is 6.29 Å². The molecule has 2 heteroatoms. The minimum absolute atomic E-state index is 0.128. The molecule has 1 aliphatic carbocycles. The number of carbonyl (C=O) groups excluding carboxylic acids is 2. The van der Waals surface area contributed by atoms with Crippen molar-refractivity contribution in [1.29, 1.82) is 0 Å². The van der Waals surface area contributed by atoms with Crippen molar-refractivity contribution >= 4 is 12.1 Å². The lowest BCUT2D eigenvalue weighted by atomic mass is 9.90. The maximum absolute atomic E-state index is 11.6. The van der Waals surface area contributed by atoms with E-state index in [1.165, 1.54) is 30.0 Å². The molecule has 1 radical (unpaired) electrons. The molecule has 0 atom stereocenters. The van der Waals surface area contributed by atoms with Crippen LogP contribution in [0.2, 0.25) is 0 Å². The summed E-state index contributed by atoms with van der Waals surface area (Å²) in [6.07, 6.45) is 8.56. The summed E-state index contributed by atoms with van der Waals surface area (Å²) in [5.41, 5.74) is 3.29. The molecule has 0 spiro atoms. The molecule has 0 saturated heterocycles. The number of fused-ring (bicyclic) bond motifs is 1. The van der Waals surface area contributed by atoms with E-state index in [0.29, 0.717) is 5.56 Å². The highest BCUT2D eigenvalue weighted by atomic mass is 16.1. The Morgan fingerprint density at radius 3 is 2.69 bits per heavy atom. The summed E-state index contributed by atoms with van der Waals surface area (Å²) >= 11 is 0. The van der Waals surface area contributed by atoms with Crippen molar-refractivity contribution < 1.29 is 9.59 Å². The minimum atomic E-state index is -0.128. The quantitative estimate of drug-likeness (QED) is 0.570. The van der Waals surface area contributed by atoms with E-state index >= 15 is 0 Å². The molecule has 0 aromatic heterocycles. The van der Waals surface area contributed by atoms with Crippen molar-refractivity contribution in [3.05, 3.63) is 47.0 Å². The van der Waals surface area contributed by atoms with Crippen LogP contribution in [-0.2, 0) is 17.6 Å².